The average Bonchev–Trinajstić information content (AvgIpc) is 2.91. The molecule has 2 heterocycles. The Morgan fingerprint density at radius 1 is 1.21 bits per heavy atom. The van der Waals surface area contributed by atoms with Crippen LogP contribution in [0, 0.1) is 5.92 Å². The zero-order chi connectivity index (χ0) is 20.9. The van der Waals surface area contributed by atoms with Crippen LogP contribution in [-0.4, -0.2) is 54.6 Å². The molecule has 1 aromatic heterocycles. The molecule has 0 spiro atoms. The monoisotopic (exact) mass is 422 g/mol. The standard InChI is InChI=1S/C20H30N4O4S/c21-16(13-15-7-2-1-3-8-15)20(26)23-17-9-6-12-24(14-18(17)25)29(27,28)19-10-4-5-11-22-19/h4-5,10-11,15-17H,1-3,6-9,12-14,21H2,(H,23,26)/t16-,17-/m0/s1. The molecule has 0 radical (unpaired) electrons. The smallest absolute Gasteiger partial charge is 0.260 e. The summed E-state index contributed by atoms with van der Waals surface area (Å²) < 4.78 is 26.6. The topological polar surface area (TPSA) is 122 Å². The van der Waals surface area contributed by atoms with Gasteiger partial charge in [0.1, 0.15) is 0 Å². The molecule has 1 saturated carbocycles. The van der Waals surface area contributed by atoms with Crippen molar-refractivity contribution >= 4 is 21.7 Å². The van der Waals surface area contributed by atoms with Gasteiger partial charge in [0, 0.05) is 12.7 Å². The van der Waals surface area contributed by atoms with Crippen molar-refractivity contribution in [1.29, 1.82) is 0 Å². The van der Waals surface area contributed by atoms with Gasteiger partial charge >= 0.3 is 0 Å². The molecule has 29 heavy (non-hydrogen) atoms. The van der Waals surface area contributed by atoms with Crippen LogP contribution in [0.25, 0.3) is 0 Å². The van der Waals surface area contributed by atoms with Crippen molar-refractivity contribution < 1.29 is 18.0 Å². The van der Waals surface area contributed by atoms with E-state index in [4.69, 9.17) is 5.73 Å². The first-order valence-electron chi connectivity index (χ1n) is 10.4. The van der Waals surface area contributed by atoms with Crippen LogP contribution < -0.4 is 11.1 Å². The van der Waals surface area contributed by atoms with E-state index in [1.165, 1.54) is 31.5 Å². The van der Waals surface area contributed by atoms with Gasteiger partial charge in [-0.3, -0.25) is 9.59 Å². The third kappa shape index (κ3) is 5.61. The van der Waals surface area contributed by atoms with Crippen LogP contribution in [0.3, 0.4) is 0 Å². The lowest BCUT2D eigenvalue weighted by molar-refractivity contribution is -0.128. The minimum atomic E-state index is -3.84. The van der Waals surface area contributed by atoms with Crippen molar-refractivity contribution in [2.75, 3.05) is 13.1 Å². The molecule has 8 nitrogen and oxygen atoms in total. The highest BCUT2D eigenvalue weighted by atomic mass is 32.2. The highest BCUT2D eigenvalue weighted by Gasteiger charge is 2.34. The maximum atomic E-state index is 12.7. The van der Waals surface area contributed by atoms with Gasteiger partial charge in [-0.25, -0.2) is 13.4 Å². The van der Waals surface area contributed by atoms with E-state index in [2.05, 4.69) is 10.3 Å². The predicted molar refractivity (Wildman–Crippen MR) is 108 cm³/mol. The van der Waals surface area contributed by atoms with Gasteiger partial charge in [0.05, 0.1) is 18.6 Å². The first-order chi connectivity index (χ1) is 13.9. The second-order valence-electron chi connectivity index (χ2n) is 8.02. The number of aromatic nitrogens is 1. The molecule has 2 fully saturated rings. The summed E-state index contributed by atoms with van der Waals surface area (Å²) >= 11 is 0. The summed E-state index contributed by atoms with van der Waals surface area (Å²) in [6, 6.07) is 3.30. The van der Waals surface area contributed by atoms with Crippen molar-refractivity contribution in [2.45, 2.75) is 68.5 Å². The van der Waals surface area contributed by atoms with E-state index < -0.39 is 22.1 Å². The number of carbonyl (C=O) groups is 2. The Morgan fingerprint density at radius 2 is 1.97 bits per heavy atom. The summed E-state index contributed by atoms with van der Waals surface area (Å²) in [7, 11) is -3.84. The van der Waals surface area contributed by atoms with Crippen molar-refractivity contribution in [3.63, 3.8) is 0 Å². The van der Waals surface area contributed by atoms with Crippen LogP contribution in [0.15, 0.2) is 29.4 Å². The number of Topliss-reactive ketones (excluding diaryl/α,β-unsaturated/α-hetero) is 1. The zero-order valence-corrected chi connectivity index (χ0v) is 17.4. The molecule has 2 aliphatic rings. The molecular weight excluding hydrogens is 392 g/mol. The maximum Gasteiger partial charge on any atom is 0.260 e. The number of hydrogen-bond donors (Lipinski definition) is 2. The van der Waals surface area contributed by atoms with Gasteiger partial charge in [-0.2, -0.15) is 4.31 Å². The summed E-state index contributed by atoms with van der Waals surface area (Å²) in [5.74, 6) is -0.177. The molecule has 9 heteroatoms. The number of rotatable bonds is 6. The fraction of sp³-hybridized carbons (Fsp3) is 0.650. The van der Waals surface area contributed by atoms with Crippen LogP contribution in [0.4, 0.5) is 0 Å². The molecule has 3 rings (SSSR count). The van der Waals surface area contributed by atoms with E-state index in [0.29, 0.717) is 25.2 Å². The lowest BCUT2D eigenvalue weighted by atomic mass is 9.85. The van der Waals surface area contributed by atoms with Gasteiger partial charge in [-0.1, -0.05) is 38.2 Å². The largest absolute Gasteiger partial charge is 0.345 e. The first-order valence-corrected chi connectivity index (χ1v) is 11.8. The Hall–Kier alpha value is -1.84. The molecule has 0 aromatic carbocycles. The van der Waals surface area contributed by atoms with E-state index in [-0.39, 0.29) is 29.8 Å². The Bertz CT molecular complexity index is 809. The van der Waals surface area contributed by atoms with Gasteiger partial charge in [-0.05, 0) is 37.3 Å². The highest BCUT2D eigenvalue weighted by molar-refractivity contribution is 7.89. The van der Waals surface area contributed by atoms with Crippen LogP contribution in [0.2, 0.25) is 0 Å². The molecule has 2 atom stereocenters. The SMILES string of the molecule is N[C@@H](CC1CCCCC1)C(=O)N[C@H]1CCCN(S(=O)(=O)c2ccccn2)CC1=O. The van der Waals surface area contributed by atoms with Crippen LogP contribution >= 0.6 is 0 Å². The number of sulfonamides is 1. The fourth-order valence-corrected chi connectivity index (χ4v) is 5.53. The van der Waals surface area contributed by atoms with Crippen molar-refractivity contribution in [2.24, 2.45) is 11.7 Å². The molecule has 1 aromatic rings. The summed E-state index contributed by atoms with van der Waals surface area (Å²) in [5, 5.41) is 2.68. The Kier molecular flexibility index (Phi) is 7.37. The number of amides is 1. The molecule has 1 aliphatic carbocycles. The Labute approximate surface area is 172 Å². The van der Waals surface area contributed by atoms with Crippen molar-refractivity contribution in [3.05, 3.63) is 24.4 Å². The zero-order valence-electron chi connectivity index (χ0n) is 16.6. The van der Waals surface area contributed by atoms with Gasteiger partial charge in [0.15, 0.2) is 10.8 Å². The summed E-state index contributed by atoms with van der Waals surface area (Å²) in [6.07, 6.45) is 8.72. The summed E-state index contributed by atoms with van der Waals surface area (Å²) in [6.45, 7) is -0.0626. The number of hydrogen-bond acceptors (Lipinski definition) is 6. The van der Waals surface area contributed by atoms with Gasteiger partial charge in [0.2, 0.25) is 5.91 Å². The number of nitrogens with one attached hydrogen (secondary N) is 1. The normalized spacial score (nSPS) is 23.3. The predicted octanol–water partition coefficient (Wildman–Crippen LogP) is 1.22. The van der Waals surface area contributed by atoms with Gasteiger partial charge < -0.3 is 11.1 Å². The Morgan fingerprint density at radius 3 is 2.66 bits per heavy atom. The third-order valence-corrected chi connectivity index (χ3v) is 7.59. The second kappa shape index (κ2) is 9.77. The lowest BCUT2D eigenvalue weighted by Crippen LogP contribution is -2.50. The molecule has 0 bridgehead atoms. The van der Waals surface area contributed by atoms with Crippen molar-refractivity contribution in [3.8, 4) is 0 Å². The third-order valence-electron chi connectivity index (χ3n) is 5.83. The second-order valence-corrected chi connectivity index (χ2v) is 9.91. The van der Waals surface area contributed by atoms with E-state index in [0.717, 1.165) is 17.1 Å². The molecule has 1 aliphatic heterocycles. The quantitative estimate of drug-likeness (QED) is 0.711. The van der Waals surface area contributed by atoms with Crippen LogP contribution in [-0.2, 0) is 19.6 Å². The number of nitrogens with two attached hydrogens (primary N) is 1. The van der Waals surface area contributed by atoms with Gasteiger partial charge in [0.25, 0.3) is 10.0 Å². The highest BCUT2D eigenvalue weighted by Crippen LogP contribution is 2.27. The summed E-state index contributed by atoms with van der Waals surface area (Å²) in [4.78, 5) is 29.1. The van der Waals surface area contributed by atoms with Crippen LogP contribution in [0.5, 0.6) is 0 Å². The number of carbonyl (C=O) groups excluding carboxylic acids is 2. The minimum absolute atomic E-state index is 0.0789. The van der Waals surface area contributed by atoms with Crippen LogP contribution in [0.1, 0.15) is 51.4 Å². The van der Waals surface area contributed by atoms with E-state index in [1.54, 1.807) is 12.1 Å². The molecule has 3 N–H and O–H groups in total. The molecule has 160 valence electrons. The number of nitrogens with zero attached hydrogens (tertiary/aromatic N) is 2. The lowest BCUT2D eigenvalue weighted by Gasteiger charge is -2.25. The van der Waals surface area contributed by atoms with E-state index in [9.17, 15) is 18.0 Å². The fourth-order valence-electron chi connectivity index (χ4n) is 4.15. The number of pyridine rings is 1. The molecule has 1 saturated heterocycles. The number of ketones is 1. The van der Waals surface area contributed by atoms with Crippen molar-refractivity contribution in [1.82, 2.24) is 14.6 Å². The average molecular weight is 423 g/mol. The summed E-state index contributed by atoms with van der Waals surface area (Å²) in [5.41, 5.74) is 6.08. The van der Waals surface area contributed by atoms with E-state index in [1.807, 2.05) is 0 Å². The van der Waals surface area contributed by atoms with E-state index >= 15 is 0 Å². The van der Waals surface area contributed by atoms with Gasteiger partial charge in [-0.15, -0.1) is 0 Å². The molecular formula is C20H30N4O4S. The minimum Gasteiger partial charge on any atom is -0.345 e. The maximum absolute atomic E-state index is 12.7. The molecule has 1 amide bonds. The Balaban J connectivity index is 1.58. The molecule has 0 unspecified atom stereocenters. The first kappa shape index (κ1) is 21.9.